The van der Waals surface area contributed by atoms with Crippen LogP contribution in [0.15, 0.2) is 96.0 Å². The van der Waals surface area contributed by atoms with Gasteiger partial charge in [-0.2, -0.15) is 0 Å². The summed E-state index contributed by atoms with van der Waals surface area (Å²) >= 11 is 0. The third-order valence-electron chi connectivity index (χ3n) is 4.29. The quantitative estimate of drug-likeness (QED) is 0.569. The Morgan fingerprint density at radius 1 is 0.808 bits per heavy atom. The van der Waals surface area contributed by atoms with Crippen molar-refractivity contribution in [2.24, 2.45) is 0 Å². The largest absolute Gasteiger partial charge is 0.381 e. The van der Waals surface area contributed by atoms with E-state index in [4.69, 9.17) is 0 Å². The van der Waals surface area contributed by atoms with Crippen LogP contribution in [0.3, 0.4) is 0 Å². The SMILES string of the molecule is O=S(=O)(c1ccccc1)n1ccc2cc(NCc3ccccc3)ccc21. The van der Waals surface area contributed by atoms with Crippen molar-refractivity contribution in [3.05, 3.63) is 96.7 Å². The van der Waals surface area contributed by atoms with Crippen molar-refractivity contribution in [2.75, 3.05) is 5.32 Å². The molecule has 26 heavy (non-hydrogen) atoms. The number of rotatable bonds is 5. The molecule has 0 atom stereocenters. The predicted octanol–water partition coefficient (Wildman–Crippen LogP) is 4.49. The molecule has 0 radical (unpaired) electrons. The first-order valence-electron chi connectivity index (χ1n) is 8.34. The maximum Gasteiger partial charge on any atom is 0.268 e. The lowest BCUT2D eigenvalue weighted by Crippen LogP contribution is -2.11. The zero-order valence-corrected chi connectivity index (χ0v) is 14.9. The monoisotopic (exact) mass is 362 g/mol. The normalized spacial score (nSPS) is 11.5. The van der Waals surface area contributed by atoms with Crippen LogP contribution in [0.1, 0.15) is 5.56 Å². The summed E-state index contributed by atoms with van der Waals surface area (Å²) < 4.78 is 27.0. The Labute approximate surface area is 152 Å². The topological polar surface area (TPSA) is 51.1 Å². The van der Waals surface area contributed by atoms with Gasteiger partial charge in [0.15, 0.2) is 0 Å². The third-order valence-corrected chi connectivity index (χ3v) is 6.00. The van der Waals surface area contributed by atoms with E-state index < -0.39 is 10.0 Å². The smallest absolute Gasteiger partial charge is 0.268 e. The van der Waals surface area contributed by atoms with Crippen LogP contribution < -0.4 is 5.32 Å². The number of hydrogen-bond donors (Lipinski definition) is 1. The van der Waals surface area contributed by atoms with Gasteiger partial charge in [0.05, 0.1) is 10.4 Å². The maximum atomic E-state index is 12.9. The van der Waals surface area contributed by atoms with E-state index in [0.29, 0.717) is 5.52 Å². The number of benzene rings is 3. The van der Waals surface area contributed by atoms with Crippen LogP contribution in [-0.4, -0.2) is 12.4 Å². The van der Waals surface area contributed by atoms with Crippen molar-refractivity contribution in [3.63, 3.8) is 0 Å². The van der Waals surface area contributed by atoms with Crippen LogP contribution >= 0.6 is 0 Å². The second-order valence-electron chi connectivity index (χ2n) is 6.04. The molecule has 0 unspecified atom stereocenters. The van der Waals surface area contributed by atoms with Crippen LogP contribution in [0.25, 0.3) is 10.9 Å². The minimum absolute atomic E-state index is 0.281. The number of hydrogen-bond acceptors (Lipinski definition) is 3. The highest BCUT2D eigenvalue weighted by molar-refractivity contribution is 7.90. The highest BCUT2D eigenvalue weighted by Gasteiger charge is 2.18. The molecule has 1 aromatic heterocycles. The molecule has 0 saturated carbocycles. The second-order valence-corrected chi connectivity index (χ2v) is 7.86. The van der Waals surface area contributed by atoms with Gasteiger partial charge in [-0.1, -0.05) is 48.5 Å². The molecule has 0 aliphatic carbocycles. The van der Waals surface area contributed by atoms with E-state index in [2.05, 4.69) is 17.4 Å². The van der Waals surface area contributed by atoms with Crippen LogP contribution in [0, 0.1) is 0 Å². The molecule has 0 bridgehead atoms. The molecular weight excluding hydrogens is 344 g/mol. The predicted molar refractivity (Wildman–Crippen MR) is 105 cm³/mol. The molecule has 0 spiro atoms. The summed E-state index contributed by atoms with van der Waals surface area (Å²) in [7, 11) is -3.59. The Morgan fingerprint density at radius 2 is 1.50 bits per heavy atom. The number of nitrogens with one attached hydrogen (secondary N) is 1. The van der Waals surface area contributed by atoms with Gasteiger partial charge in [-0.3, -0.25) is 0 Å². The minimum Gasteiger partial charge on any atom is -0.381 e. The van der Waals surface area contributed by atoms with Crippen molar-refractivity contribution in [1.29, 1.82) is 0 Å². The van der Waals surface area contributed by atoms with Gasteiger partial charge in [0.1, 0.15) is 0 Å². The molecule has 4 rings (SSSR count). The molecule has 0 aliphatic heterocycles. The summed E-state index contributed by atoms with van der Waals surface area (Å²) in [6, 6.07) is 26.1. The van der Waals surface area contributed by atoms with Gasteiger partial charge >= 0.3 is 0 Å². The van der Waals surface area contributed by atoms with Gasteiger partial charge in [-0.05, 0) is 42.0 Å². The first-order valence-corrected chi connectivity index (χ1v) is 9.78. The molecule has 5 heteroatoms. The fourth-order valence-electron chi connectivity index (χ4n) is 2.94. The number of aromatic nitrogens is 1. The lowest BCUT2D eigenvalue weighted by molar-refractivity contribution is 0.589. The lowest BCUT2D eigenvalue weighted by atomic mass is 10.2. The third kappa shape index (κ3) is 3.09. The van der Waals surface area contributed by atoms with Gasteiger partial charge in [-0.25, -0.2) is 12.4 Å². The highest BCUT2D eigenvalue weighted by Crippen LogP contribution is 2.25. The molecule has 4 nitrogen and oxygen atoms in total. The van der Waals surface area contributed by atoms with Crippen molar-refractivity contribution >= 4 is 26.6 Å². The number of fused-ring (bicyclic) bond motifs is 1. The summed E-state index contributed by atoms with van der Waals surface area (Å²) in [5.41, 5.74) is 2.81. The molecule has 130 valence electrons. The Balaban J connectivity index is 1.64. The average Bonchev–Trinajstić information content (AvgIpc) is 3.12. The van der Waals surface area contributed by atoms with Gasteiger partial charge in [0.2, 0.25) is 0 Å². The summed E-state index contributed by atoms with van der Waals surface area (Å²) in [6.07, 6.45) is 1.61. The van der Waals surface area contributed by atoms with Crippen LogP contribution in [0.4, 0.5) is 5.69 Å². The van der Waals surface area contributed by atoms with E-state index >= 15 is 0 Å². The Kier molecular flexibility index (Phi) is 4.22. The molecule has 4 aromatic rings. The molecule has 0 saturated heterocycles. The Morgan fingerprint density at radius 3 is 2.23 bits per heavy atom. The first-order chi connectivity index (χ1) is 12.6. The highest BCUT2D eigenvalue weighted by atomic mass is 32.2. The lowest BCUT2D eigenvalue weighted by Gasteiger charge is -2.09. The molecule has 3 aromatic carbocycles. The van der Waals surface area contributed by atoms with Crippen LogP contribution in [-0.2, 0) is 16.6 Å². The summed E-state index contributed by atoms with van der Waals surface area (Å²) in [5, 5.41) is 4.25. The van der Waals surface area contributed by atoms with Crippen LogP contribution in [0.5, 0.6) is 0 Å². The summed E-state index contributed by atoms with van der Waals surface area (Å²) in [4.78, 5) is 0.281. The van der Waals surface area contributed by atoms with E-state index in [9.17, 15) is 8.42 Å². The Bertz CT molecular complexity index is 1130. The molecule has 0 fully saturated rings. The molecule has 1 N–H and O–H groups in total. The average molecular weight is 362 g/mol. The van der Waals surface area contributed by atoms with E-state index in [1.54, 1.807) is 36.5 Å². The van der Waals surface area contributed by atoms with E-state index in [0.717, 1.165) is 17.6 Å². The second kappa shape index (κ2) is 6.69. The van der Waals surface area contributed by atoms with Crippen LogP contribution in [0.2, 0.25) is 0 Å². The van der Waals surface area contributed by atoms with Gasteiger partial charge in [0.25, 0.3) is 10.0 Å². The van der Waals surface area contributed by atoms with Crippen molar-refractivity contribution in [2.45, 2.75) is 11.4 Å². The molecule has 0 amide bonds. The standard InChI is InChI=1S/C21H18N2O2S/c24-26(25,20-9-5-2-6-10-20)23-14-13-18-15-19(11-12-21(18)23)22-16-17-7-3-1-4-8-17/h1-15,22H,16H2. The molecular formula is C21H18N2O2S. The molecule has 0 aliphatic rings. The maximum absolute atomic E-state index is 12.9. The fraction of sp³-hybridized carbons (Fsp3) is 0.0476. The number of anilines is 1. The van der Waals surface area contributed by atoms with Crippen molar-refractivity contribution in [3.8, 4) is 0 Å². The van der Waals surface area contributed by atoms with E-state index in [1.807, 2.05) is 42.5 Å². The zero-order chi connectivity index (χ0) is 18.0. The summed E-state index contributed by atoms with van der Waals surface area (Å²) in [5.74, 6) is 0. The van der Waals surface area contributed by atoms with E-state index in [-0.39, 0.29) is 4.90 Å². The number of nitrogens with zero attached hydrogens (tertiary/aromatic N) is 1. The fourth-order valence-corrected chi connectivity index (χ4v) is 4.32. The van der Waals surface area contributed by atoms with Crippen molar-refractivity contribution in [1.82, 2.24) is 3.97 Å². The van der Waals surface area contributed by atoms with Crippen molar-refractivity contribution < 1.29 is 8.42 Å². The van der Waals surface area contributed by atoms with E-state index in [1.165, 1.54) is 9.54 Å². The zero-order valence-electron chi connectivity index (χ0n) is 14.0. The van der Waals surface area contributed by atoms with Gasteiger partial charge < -0.3 is 5.32 Å². The Hall–Kier alpha value is -3.05. The minimum atomic E-state index is -3.59. The molecule has 1 heterocycles. The first kappa shape index (κ1) is 16.4. The van der Waals surface area contributed by atoms with Gasteiger partial charge in [0, 0.05) is 23.8 Å². The van der Waals surface area contributed by atoms with Gasteiger partial charge in [-0.15, -0.1) is 0 Å². The summed E-state index contributed by atoms with van der Waals surface area (Å²) in [6.45, 7) is 0.718.